The van der Waals surface area contributed by atoms with Crippen LogP contribution in [0.4, 0.5) is 4.79 Å². The second-order valence-corrected chi connectivity index (χ2v) is 8.87. The lowest BCUT2D eigenvalue weighted by Crippen LogP contribution is -2.51. The molecule has 1 heterocycles. The van der Waals surface area contributed by atoms with Crippen LogP contribution in [-0.2, 0) is 41.9 Å². The number of hydrogen-bond donors (Lipinski definition) is 9. The molecule has 0 bridgehead atoms. The molecule has 0 aliphatic heterocycles. The van der Waals surface area contributed by atoms with Crippen LogP contribution in [-0.4, -0.2) is 102 Å². The number of amides is 3. The molecule has 0 fully saturated rings. The van der Waals surface area contributed by atoms with Crippen LogP contribution in [0.5, 0.6) is 0 Å². The Kier molecular flexibility index (Phi) is 14.9. The van der Waals surface area contributed by atoms with Gasteiger partial charge in [-0.2, -0.15) is 0 Å². The monoisotopic (exact) mass is 586 g/mol. The largest absolute Gasteiger partial charge is 0.481 e. The molecule has 0 radical (unpaired) electrons. The van der Waals surface area contributed by atoms with Crippen LogP contribution in [0.1, 0.15) is 50.8 Å². The number of imidazole rings is 1. The lowest BCUT2D eigenvalue weighted by molar-refractivity contribution is -0.142. The van der Waals surface area contributed by atoms with Crippen molar-refractivity contribution in [1.29, 1.82) is 0 Å². The highest BCUT2D eigenvalue weighted by molar-refractivity contribution is 5.87. The highest BCUT2D eigenvalue weighted by Crippen LogP contribution is 2.05. The van der Waals surface area contributed by atoms with Gasteiger partial charge in [0, 0.05) is 25.2 Å². The Morgan fingerprint density at radius 1 is 0.732 bits per heavy atom. The summed E-state index contributed by atoms with van der Waals surface area (Å²) in [6.45, 7) is 0.538. The van der Waals surface area contributed by atoms with E-state index in [-0.39, 0.29) is 13.0 Å². The van der Waals surface area contributed by atoms with E-state index in [0.29, 0.717) is 31.8 Å². The maximum atomic E-state index is 12.3. The van der Waals surface area contributed by atoms with Crippen molar-refractivity contribution in [2.75, 3.05) is 6.54 Å². The Hall–Kier alpha value is -4.74. The van der Waals surface area contributed by atoms with E-state index in [1.807, 2.05) is 10.6 Å². The van der Waals surface area contributed by atoms with Crippen molar-refractivity contribution in [3.63, 3.8) is 0 Å². The molecule has 0 aromatic carbocycles. The molecule has 9 N–H and O–H groups in total. The standard InChI is InChI=1S/C23H34N6O12/c30-17(6-4-14(21(37)38)27-23(41)28-15(22(39)40)5-7-18(31)32)26-13(20(35)36)3-1-2-8-24-11-16-25-9-10-29(16)12-19(33)34/h9-10,13-15,24H,1-8,11-12H2,(H,26,30)(H,31,32)(H,33,34)(H,35,36)(H,37,38)(H,39,40)(H2,27,28,41)/t13-,14-,15-/m0/s1. The molecule has 0 aliphatic carbocycles. The van der Waals surface area contributed by atoms with Gasteiger partial charge in [0.1, 0.15) is 30.5 Å². The van der Waals surface area contributed by atoms with Crippen LogP contribution >= 0.6 is 0 Å². The summed E-state index contributed by atoms with van der Waals surface area (Å²) < 4.78 is 1.47. The maximum absolute atomic E-state index is 12.3. The third-order valence-corrected chi connectivity index (χ3v) is 5.63. The molecule has 0 aliphatic rings. The zero-order chi connectivity index (χ0) is 30.9. The molecular weight excluding hydrogens is 552 g/mol. The van der Waals surface area contributed by atoms with Crippen molar-refractivity contribution >= 4 is 41.8 Å². The first-order chi connectivity index (χ1) is 19.3. The molecule has 18 heteroatoms. The first-order valence-electron chi connectivity index (χ1n) is 12.5. The normalized spacial score (nSPS) is 12.9. The van der Waals surface area contributed by atoms with Gasteiger partial charge in [0.05, 0.1) is 6.54 Å². The van der Waals surface area contributed by atoms with Crippen LogP contribution in [0.25, 0.3) is 0 Å². The minimum absolute atomic E-state index is 0.0757. The summed E-state index contributed by atoms with van der Waals surface area (Å²) in [6, 6.07) is -5.65. The number of aromatic nitrogens is 2. The van der Waals surface area contributed by atoms with Gasteiger partial charge in [-0.3, -0.25) is 14.4 Å². The third kappa shape index (κ3) is 14.3. The Morgan fingerprint density at radius 2 is 1.29 bits per heavy atom. The maximum Gasteiger partial charge on any atom is 0.326 e. The molecule has 0 spiro atoms. The fourth-order valence-electron chi connectivity index (χ4n) is 3.54. The number of aliphatic carboxylic acids is 5. The Morgan fingerprint density at radius 3 is 1.83 bits per heavy atom. The van der Waals surface area contributed by atoms with Gasteiger partial charge in [-0.25, -0.2) is 24.2 Å². The fourth-order valence-corrected chi connectivity index (χ4v) is 3.54. The number of carboxylic acids is 5. The number of nitrogens with one attached hydrogen (secondary N) is 4. The van der Waals surface area contributed by atoms with Crippen molar-refractivity contribution in [2.45, 2.75) is 76.2 Å². The molecule has 228 valence electrons. The SMILES string of the molecule is O=C(O)CC[C@H](NC(=O)N[C@@H](CCC(=O)N[C@@H](CCCCNCc1nccn1CC(=O)O)C(=O)O)C(=O)O)C(=O)O. The van der Waals surface area contributed by atoms with E-state index in [0.717, 1.165) is 0 Å². The van der Waals surface area contributed by atoms with E-state index in [9.17, 15) is 43.8 Å². The smallest absolute Gasteiger partial charge is 0.326 e. The van der Waals surface area contributed by atoms with Gasteiger partial charge >= 0.3 is 35.9 Å². The van der Waals surface area contributed by atoms with E-state index in [4.69, 9.17) is 15.3 Å². The average Bonchev–Trinajstić information content (AvgIpc) is 3.30. The van der Waals surface area contributed by atoms with E-state index >= 15 is 0 Å². The van der Waals surface area contributed by atoms with E-state index in [1.54, 1.807) is 0 Å². The number of nitrogens with zero attached hydrogens (tertiary/aromatic N) is 2. The second-order valence-electron chi connectivity index (χ2n) is 8.87. The summed E-state index contributed by atoms with van der Waals surface area (Å²) in [5.41, 5.74) is 0. The van der Waals surface area contributed by atoms with E-state index < -0.39 is 85.6 Å². The van der Waals surface area contributed by atoms with Crippen LogP contribution in [0.3, 0.4) is 0 Å². The molecule has 1 rings (SSSR count). The number of urea groups is 1. The van der Waals surface area contributed by atoms with Crippen LogP contribution in [0.15, 0.2) is 12.4 Å². The van der Waals surface area contributed by atoms with Crippen LogP contribution < -0.4 is 21.3 Å². The van der Waals surface area contributed by atoms with Gasteiger partial charge in [0.2, 0.25) is 5.91 Å². The molecule has 1 aromatic rings. The highest BCUT2D eigenvalue weighted by atomic mass is 16.4. The van der Waals surface area contributed by atoms with Crippen LogP contribution in [0.2, 0.25) is 0 Å². The summed E-state index contributed by atoms with van der Waals surface area (Å²) in [5.74, 6) is -6.90. The molecule has 3 atom stereocenters. The topological polar surface area (TPSA) is 287 Å². The summed E-state index contributed by atoms with van der Waals surface area (Å²) in [6.07, 6.45) is 2.13. The summed E-state index contributed by atoms with van der Waals surface area (Å²) in [4.78, 5) is 84.1. The number of unbranched alkanes of at least 4 members (excludes halogenated alkanes) is 1. The Labute approximate surface area is 233 Å². The molecule has 0 unspecified atom stereocenters. The predicted molar refractivity (Wildman–Crippen MR) is 136 cm³/mol. The summed E-state index contributed by atoms with van der Waals surface area (Å²) in [5, 5.41) is 54.7. The van der Waals surface area contributed by atoms with Crippen molar-refractivity contribution in [3.8, 4) is 0 Å². The number of carbonyl (C=O) groups excluding carboxylic acids is 2. The lowest BCUT2D eigenvalue weighted by Gasteiger charge is -2.19. The second kappa shape index (κ2) is 17.8. The lowest BCUT2D eigenvalue weighted by atomic mass is 10.1. The first kappa shape index (κ1) is 34.3. The molecule has 1 aromatic heterocycles. The fraction of sp³-hybridized carbons (Fsp3) is 0.565. The number of carbonyl (C=O) groups is 7. The third-order valence-electron chi connectivity index (χ3n) is 5.63. The molecule has 18 nitrogen and oxygen atoms in total. The van der Waals surface area contributed by atoms with Crippen molar-refractivity contribution in [1.82, 2.24) is 30.8 Å². The minimum Gasteiger partial charge on any atom is -0.481 e. The van der Waals surface area contributed by atoms with E-state index in [2.05, 4.69) is 15.6 Å². The van der Waals surface area contributed by atoms with Gasteiger partial charge in [-0.15, -0.1) is 0 Å². The molecule has 41 heavy (non-hydrogen) atoms. The summed E-state index contributed by atoms with van der Waals surface area (Å²) in [7, 11) is 0. The van der Waals surface area contributed by atoms with E-state index in [1.165, 1.54) is 17.0 Å². The van der Waals surface area contributed by atoms with Gasteiger partial charge in [0.15, 0.2) is 0 Å². The zero-order valence-corrected chi connectivity index (χ0v) is 21.9. The van der Waals surface area contributed by atoms with Crippen LogP contribution in [0, 0.1) is 0 Å². The van der Waals surface area contributed by atoms with Gasteiger partial charge < -0.3 is 51.4 Å². The van der Waals surface area contributed by atoms with Gasteiger partial charge in [-0.1, -0.05) is 0 Å². The van der Waals surface area contributed by atoms with Gasteiger partial charge in [0.25, 0.3) is 0 Å². The molecule has 3 amide bonds. The minimum atomic E-state index is -1.62. The number of rotatable bonds is 21. The Balaban J connectivity index is 2.46. The van der Waals surface area contributed by atoms with Crippen molar-refractivity contribution in [3.05, 3.63) is 18.2 Å². The highest BCUT2D eigenvalue weighted by Gasteiger charge is 2.26. The first-order valence-corrected chi connectivity index (χ1v) is 12.5. The average molecular weight is 587 g/mol. The molecule has 0 saturated heterocycles. The number of carboxylic acid groups (broad SMARTS) is 5. The van der Waals surface area contributed by atoms with Crippen molar-refractivity contribution < 1.29 is 59.1 Å². The molecular formula is C23H34N6O12. The quantitative estimate of drug-likeness (QED) is 0.0753. The van der Waals surface area contributed by atoms with Crippen molar-refractivity contribution in [2.24, 2.45) is 0 Å². The Bertz CT molecular complexity index is 1090. The predicted octanol–water partition coefficient (Wildman–Crippen LogP) is -1.35. The summed E-state index contributed by atoms with van der Waals surface area (Å²) >= 11 is 0. The molecule has 0 saturated carbocycles. The van der Waals surface area contributed by atoms with Gasteiger partial charge in [-0.05, 0) is 38.6 Å². The number of hydrogen-bond acceptors (Lipinski definition) is 9. The zero-order valence-electron chi connectivity index (χ0n) is 21.9.